The van der Waals surface area contributed by atoms with Crippen molar-refractivity contribution in [2.24, 2.45) is 11.3 Å². The van der Waals surface area contributed by atoms with E-state index in [1.54, 1.807) is 18.7 Å². The zero-order chi connectivity index (χ0) is 41.7. The van der Waals surface area contributed by atoms with Gasteiger partial charge in [-0.15, -0.1) is 6.42 Å². The van der Waals surface area contributed by atoms with Gasteiger partial charge in [0.1, 0.15) is 28.6 Å². The number of carbonyl (C=O) groups excluding carboxylic acids is 2. The Morgan fingerprint density at radius 3 is 2.39 bits per heavy atom. The number of aromatic nitrogens is 3. The molecule has 59 heavy (non-hydrogen) atoms. The highest BCUT2D eigenvalue weighted by molar-refractivity contribution is 6.03. The van der Waals surface area contributed by atoms with Gasteiger partial charge in [0.05, 0.1) is 35.6 Å². The van der Waals surface area contributed by atoms with E-state index in [0.29, 0.717) is 69.6 Å². The minimum Gasteiger partial charge on any atom is -0.508 e. The number of rotatable bonds is 10. The van der Waals surface area contributed by atoms with Gasteiger partial charge in [-0.05, 0) is 67.7 Å². The molecular weight excluding hydrogens is 773 g/mol. The van der Waals surface area contributed by atoms with Crippen LogP contribution in [-0.4, -0.2) is 99.6 Å². The fourth-order valence-electron chi connectivity index (χ4n) is 8.56. The monoisotopic (exact) mass is 816 g/mol. The van der Waals surface area contributed by atoms with Crippen molar-refractivity contribution in [3.63, 3.8) is 0 Å². The lowest BCUT2D eigenvalue weighted by atomic mass is 9.96. The van der Waals surface area contributed by atoms with Crippen LogP contribution in [0.4, 0.5) is 28.2 Å². The molecule has 3 atom stereocenters. The molecule has 3 aliphatic heterocycles. The summed E-state index contributed by atoms with van der Waals surface area (Å²) in [5, 5.41) is 11.5. The van der Waals surface area contributed by atoms with Crippen LogP contribution in [0.5, 0.6) is 11.8 Å². The number of terminal acetylenes is 1. The Labute approximate surface area is 338 Å². The first-order chi connectivity index (χ1) is 28.2. The number of halogens is 4. The van der Waals surface area contributed by atoms with Gasteiger partial charge in [0, 0.05) is 62.2 Å². The molecule has 310 valence electrons. The molecule has 1 N–H and O–H groups in total. The largest absolute Gasteiger partial charge is 0.508 e. The van der Waals surface area contributed by atoms with Crippen molar-refractivity contribution in [2.75, 3.05) is 44.2 Å². The molecule has 16 heteroatoms. The zero-order valence-electron chi connectivity index (χ0n) is 32.9. The molecule has 3 saturated heterocycles. The first-order valence-corrected chi connectivity index (χ1v) is 19.8. The summed E-state index contributed by atoms with van der Waals surface area (Å²) in [6.45, 7) is 7.36. The van der Waals surface area contributed by atoms with Crippen LogP contribution in [-0.2, 0) is 14.3 Å². The van der Waals surface area contributed by atoms with Crippen LogP contribution in [0.2, 0.25) is 0 Å². The quantitative estimate of drug-likeness (QED) is 0.0737. The number of pyridine rings is 1. The molecule has 0 radical (unpaired) electrons. The molecule has 2 aromatic carbocycles. The van der Waals surface area contributed by atoms with E-state index in [0.717, 1.165) is 12.8 Å². The maximum absolute atomic E-state index is 17.1. The Morgan fingerprint density at radius 1 is 1.03 bits per heavy atom. The van der Waals surface area contributed by atoms with E-state index < -0.39 is 42.0 Å². The molecule has 8 rings (SSSR count). The van der Waals surface area contributed by atoms with Gasteiger partial charge < -0.3 is 29.1 Å². The smallest absolute Gasteiger partial charge is 0.413 e. The van der Waals surface area contributed by atoms with Gasteiger partial charge in [-0.2, -0.15) is 18.7 Å². The summed E-state index contributed by atoms with van der Waals surface area (Å²) in [5.74, 6) is 0.0277. The molecule has 1 amide bonds. The molecular formula is C43H44F4N6O6. The van der Waals surface area contributed by atoms with Crippen LogP contribution in [0.1, 0.15) is 64.9 Å². The Balaban J connectivity index is 1.13. The third-order valence-corrected chi connectivity index (χ3v) is 11.9. The predicted octanol–water partition coefficient (Wildman–Crippen LogP) is 7.55. The number of hydrogen-bond acceptors (Lipinski definition) is 11. The molecule has 1 aliphatic carbocycles. The summed E-state index contributed by atoms with van der Waals surface area (Å²) in [4.78, 5) is 45.1. The first kappa shape index (κ1) is 40.1. The molecule has 4 fully saturated rings. The second-order valence-corrected chi connectivity index (χ2v) is 16.3. The van der Waals surface area contributed by atoms with Crippen molar-refractivity contribution in [1.29, 1.82) is 0 Å². The zero-order valence-corrected chi connectivity index (χ0v) is 32.9. The molecule has 0 spiro atoms. The van der Waals surface area contributed by atoms with Crippen molar-refractivity contribution in [3.8, 4) is 35.4 Å². The van der Waals surface area contributed by atoms with Crippen LogP contribution < -0.4 is 9.64 Å². The Bertz CT molecular complexity index is 2390. The van der Waals surface area contributed by atoms with E-state index >= 15 is 8.78 Å². The van der Waals surface area contributed by atoms with Crippen LogP contribution in [0.15, 0.2) is 42.1 Å². The van der Waals surface area contributed by atoms with Crippen molar-refractivity contribution >= 4 is 39.6 Å². The Kier molecular flexibility index (Phi) is 10.8. The fourth-order valence-corrected chi connectivity index (χ4v) is 8.56. The van der Waals surface area contributed by atoms with Crippen LogP contribution in [0, 0.1) is 35.3 Å². The van der Waals surface area contributed by atoms with E-state index in [-0.39, 0.29) is 74.5 Å². The maximum atomic E-state index is 17.1. The second-order valence-electron chi connectivity index (χ2n) is 16.3. The number of nitrogens with zero attached hydrogens (tertiary/aromatic N) is 6. The normalized spacial score (nSPS) is 20.5. The average Bonchev–Trinajstić information content (AvgIpc) is 3.91. The SMILES string of the molecule is C#Cc1c(F)ccc2cc(O)cc(-c3ncc4c(N5CC6CCC(C5)N6C(=O)OC(C)OC(=O)C(C)C)nc(OCC5(CN6CCC(=C(F)F)CC6)CC5)nc4c3F)c12. The summed E-state index contributed by atoms with van der Waals surface area (Å²) in [5.41, 5.74) is -0.458. The van der Waals surface area contributed by atoms with Gasteiger partial charge in [0.2, 0.25) is 6.29 Å². The number of hydrogen-bond donors (Lipinski definition) is 1. The maximum Gasteiger partial charge on any atom is 0.413 e. The summed E-state index contributed by atoms with van der Waals surface area (Å²) in [7, 11) is 0. The summed E-state index contributed by atoms with van der Waals surface area (Å²) < 4.78 is 75.6. The number of fused-ring (bicyclic) bond motifs is 4. The van der Waals surface area contributed by atoms with Gasteiger partial charge in [-0.3, -0.25) is 14.7 Å². The number of phenolic OH excluding ortho intramolecular Hbond substituents is 1. The van der Waals surface area contributed by atoms with Crippen molar-refractivity contribution in [3.05, 3.63) is 59.3 Å². The van der Waals surface area contributed by atoms with E-state index in [9.17, 15) is 23.5 Å². The number of esters is 1. The molecule has 1 saturated carbocycles. The van der Waals surface area contributed by atoms with Gasteiger partial charge in [-0.25, -0.2) is 13.6 Å². The topological polar surface area (TPSA) is 130 Å². The van der Waals surface area contributed by atoms with E-state index in [1.165, 1.54) is 37.4 Å². The lowest BCUT2D eigenvalue weighted by molar-refractivity contribution is -0.170. The highest BCUT2D eigenvalue weighted by atomic mass is 19.3. The lowest BCUT2D eigenvalue weighted by Crippen LogP contribution is -2.56. The standard InChI is InChI=1S/C43H44F4N6O6/c1-5-30-33(44)9-6-26-16-29(54)17-31(34(26)30)36-35(45)37-32(18-48-36)39(50-41(49-37)57-22-43(12-13-43)21-51-14-10-25(11-15-51)38(46)47)52-19-27-7-8-28(20-52)53(27)42(56)59-24(4)58-40(55)23(2)3/h1,6,9,16-18,23-24,27-28,54H,7-8,10-15,19-22H2,2-4H3. The molecule has 12 nitrogen and oxygen atoms in total. The van der Waals surface area contributed by atoms with E-state index in [1.807, 2.05) is 4.90 Å². The summed E-state index contributed by atoms with van der Waals surface area (Å²) in [6.07, 6.45) is 7.49. The minimum absolute atomic E-state index is 0.0667. The highest BCUT2D eigenvalue weighted by Gasteiger charge is 2.47. The molecule has 2 aromatic heterocycles. The van der Waals surface area contributed by atoms with E-state index in [2.05, 4.69) is 20.8 Å². The molecule has 3 unspecified atom stereocenters. The number of likely N-dealkylation sites (tertiary alicyclic amines) is 1. The highest BCUT2D eigenvalue weighted by Crippen LogP contribution is 2.47. The van der Waals surface area contributed by atoms with Gasteiger partial charge in [0.15, 0.2) is 5.82 Å². The van der Waals surface area contributed by atoms with Gasteiger partial charge >= 0.3 is 18.1 Å². The number of benzene rings is 2. The summed E-state index contributed by atoms with van der Waals surface area (Å²) in [6, 6.07) is 4.59. The fraction of sp³-hybridized carbons (Fsp3) is 0.465. The van der Waals surface area contributed by atoms with Gasteiger partial charge in [0.25, 0.3) is 6.08 Å². The van der Waals surface area contributed by atoms with Crippen molar-refractivity contribution in [2.45, 2.75) is 77.7 Å². The van der Waals surface area contributed by atoms with Crippen molar-refractivity contribution < 1.29 is 46.5 Å². The van der Waals surface area contributed by atoms with Crippen LogP contribution in [0.3, 0.4) is 0 Å². The van der Waals surface area contributed by atoms with Crippen LogP contribution >= 0.6 is 0 Å². The number of phenols is 1. The third-order valence-electron chi connectivity index (χ3n) is 11.9. The molecule has 2 bridgehead atoms. The van der Waals surface area contributed by atoms with Crippen LogP contribution in [0.25, 0.3) is 32.9 Å². The number of aromatic hydroxyl groups is 1. The number of anilines is 1. The number of piperazine rings is 1. The molecule has 4 aliphatic rings. The number of amides is 1. The first-order valence-electron chi connectivity index (χ1n) is 19.8. The van der Waals surface area contributed by atoms with Crippen molar-refractivity contribution in [1.82, 2.24) is 24.8 Å². The molecule has 4 aromatic rings. The minimum atomic E-state index is -1.60. The third kappa shape index (κ3) is 7.92. The Hall–Kier alpha value is -5.69. The Morgan fingerprint density at radius 2 is 1.75 bits per heavy atom. The second kappa shape index (κ2) is 15.8. The van der Waals surface area contributed by atoms with Gasteiger partial charge in [-0.1, -0.05) is 25.8 Å². The molecule has 5 heterocycles. The number of piperidine rings is 1. The number of carbonyl (C=O) groups is 2. The predicted molar refractivity (Wildman–Crippen MR) is 210 cm³/mol. The number of ether oxygens (including phenoxy) is 3. The lowest BCUT2D eigenvalue weighted by Gasteiger charge is -2.41. The summed E-state index contributed by atoms with van der Waals surface area (Å²) >= 11 is 0. The average molecular weight is 817 g/mol. The van der Waals surface area contributed by atoms with E-state index in [4.69, 9.17) is 25.6 Å².